The van der Waals surface area contributed by atoms with Crippen molar-refractivity contribution < 1.29 is 13.5 Å². The molecule has 0 radical (unpaired) electrons. The van der Waals surface area contributed by atoms with Crippen LogP contribution in [0.4, 0.5) is 8.78 Å². The summed E-state index contributed by atoms with van der Waals surface area (Å²) in [4.78, 5) is 9.00. The quantitative estimate of drug-likeness (QED) is 0.293. The molecule has 1 N–H and O–H groups in total. The molecule has 6 nitrogen and oxygen atoms in total. The molecule has 0 aliphatic heterocycles. The fourth-order valence-corrected chi connectivity index (χ4v) is 4.15. The topological polar surface area (TPSA) is 68.6 Å². The maximum absolute atomic E-state index is 13.7. The maximum Gasteiger partial charge on any atom is 0.307 e. The third kappa shape index (κ3) is 3.88. The fourth-order valence-electron chi connectivity index (χ4n) is 4.15. The zero-order valence-electron chi connectivity index (χ0n) is 19.1. The highest BCUT2D eigenvalue weighted by molar-refractivity contribution is 5.88. The number of fused-ring (bicyclic) bond motifs is 1. The van der Waals surface area contributed by atoms with E-state index in [9.17, 15) is 8.78 Å². The van der Waals surface area contributed by atoms with E-state index in [4.69, 9.17) is 9.72 Å². The highest BCUT2D eigenvalue weighted by Crippen LogP contribution is 2.35. The van der Waals surface area contributed by atoms with Gasteiger partial charge in [0.25, 0.3) is 0 Å². The van der Waals surface area contributed by atoms with Crippen LogP contribution in [-0.2, 0) is 0 Å². The first-order valence-corrected chi connectivity index (χ1v) is 11.2. The summed E-state index contributed by atoms with van der Waals surface area (Å²) in [5.74, 6) is -0.0672. The number of hydrogen-bond acceptors (Lipinski definition) is 4. The van der Waals surface area contributed by atoms with Crippen molar-refractivity contribution >= 4 is 11.0 Å². The first kappa shape index (κ1) is 21.7. The van der Waals surface area contributed by atoms with Gasteiger partial charge < -0.3 is 4.74 Å². The number of H-pyrrole nitrogens is 1. The molecule has 3 aromatic heterocycles. The Morgan fingerprint density at radius 3 is 2.33 bits per heavy atom. The van der Waals surface area contributed by atoms with Crippen LogP contribution in [-0.4, -0.2) is 24.7 Å². The summed E-state index contributed by atoms with van der Waals surface area (Å²) in [7, 11) is 0. The first-order chi connectivity index (χ1) is 17.6. The van der Waals surface area contributed by atoms with E-state index in [0.717, 1.165) is 33.6 Å². The third-order valence-corrected chi connectivity index (χ3v) is 5.95. The number of aryl methyl sites for hydroxylation is 1. The molecule has 0 aliphatic carbocycles. The van der Waals surface area contributed by atoms with Crippen LogP contribution < -0.4 is 4.74 Å². The van der Waals surface area contributed by atoms with Gasteiger partial charge in [0, 0.05) is 17.3 Å². The molecule has 0 spiro atoms. The average molecular weight is 479 g/mol. The van der Waals surface area contributed by atoms with Crippen LogP contribution in [0.5, 0.6) is 11.8 Å². The molecular formula is C28H19F2N5O. The molecule has 6 rings (SSSR count). The lowest BCUT2D eigenvalue weighted by molar-refractivity contribution is 0.431. The molecule has 8 heteroatoms. The predicted molar refractivity (Wildman–Crippen MR) is 133 cm³/mol. The van der Waals surface area contributed by atoms with E-state index >= 15 is 0 Å². The molecule has 3 aromatic carbocycles. The molecule has 3 heterocycles. The average Bonchev–Trinajstić information content (AvgIpc) is 3.51. The first-order valence-electron chi connectivity index (χ1n) is 11.2. The van der Waals surface area contributed by atoms with Gasteiger partial charge in [-0.3, -0.25) is 14.6 Å². The van der Waals surface area contributed by atoms with Crippen molar-refractivity contribution in [2.24, 2.45) is 0 Å². The molecule has 0 unspecified atom stereocenters. The number of aromatic nitrogens is 5. The molecule has 0 bridgehead atoms. The predicted octanol–water partition coefficient (Wildman–Crippen LogP) is 6.86. The lowest BCUT2D eigenvalue weighted by atomic mass is 10.0. The second kappa shape index (κ2) is 8.74. The second-order valence-electron chi connectivity index (χ2n) is 8.26. The molecule has 6 aromatic rings. The van der Waals surface area contributed by atoms with Crippen LogP contribution in [0.3, 0.4) is 0 Å². The number of hydrogen-bond donors (Lipinski definition) is 1. The molecule has 0 saturated carbocycles. The molecule has 0 aliphatic rings. The zero-order valence-corrected chi connectivity index (χ0v) is 19.1. The van der Waals surface area contributed by atoms with Crippen LogP contribution >= 0.6 is 0 Å². The molecule has 176 valence electrons. The van der Waals surface area contributed by atoms with Crippen molar-refractivity contribution in [3.05, 3.63) is 109 Å². The van der Waals surface area contributed by atoms with E-state index in [1.807, 2.05) is 35.8 Å². The molecular weight excluding hydrogens is 460 g/mol. The van der Waals surface area contributed by atoms with Gasteiger partial charge in [-0.2, -0.15) is 10.1 Å². The SMILES string of the molecule is Cc1ncccc1Oc1nc2ccc(-c3cn[nH]c3-c3ccc(F)cc3)cc2n1-c1ccc(F)cc1. The van der Waals surface area contributed by atoms with Gasteiger partial charge in [-0.05, 0) is 85.3 Å². The number of imidazole rings is 1. The van der Waals surface area contributed by atoms with Gasteiger partial charge in [0.2, 0.25) is 0 Å². The van der Waals surface area contributed by atoms with E-state index in [1.54, 1.807) is 42.7 Å². The van der Waals surface area contributed by atoms with Gasteiger partial charge in [0.05, 0.1) is 34.3 Å². The normalized spacial score (nSPS) is 11.2. The van der Waals surface area contributed by atoms with Gasteiger partial charge in [0.1, 0.15) is 11.6 Å². The number of aromatic amines is 1. The van der Waals surface area contributed by atoms with E-state index < -0.39 is 0 Å². The molecule has 0 fully saturated rings. The van der Waals surface area contributed by atoms with E-state index in [0.29, 0.717) is 23.0 Å². The van der Waals surface area contributed by atoms with Crippen LogP contribution in [0.15, 0.2) is 91.3 Å². The smallest absolute Gasteiger partial charge is 0.307 e. The van der Waals surface area contributed by atoms with Gasteiger partial charge >= 0.3 is 6.01 Å². The van der Waals surface area contributed by atoms with Crippen LogP contribution in [0, 0.1) is 18.6 Å². The number of halogens is 2. The minimum Gasteiger partial charge on any atom is -0.423 e. The Hall–Kier alpha value is -4.85. The lowest BCUT2D eigenvalue weighted by Crippen LogP contribution is -2.00. The maximum atomic E-state index is 13.7. The Balaban J connectivity index is 1.52. The van der Waals surface area contributed by atoms with Gasteiger partial charge in [-0.1, -0.05) is 6.07 Å². The number of nitrogens with one attached hydrogen (secondary N) is 1. The minimum absolute atomic E-state index is 0.305. The summed E-state index contributed by atoms with van der Waals surface area (Å²) in [5.41, 5.74) is 6.19. The summed E-state index contributed by atoms with van der Waals surface area (Å²) in [6, 6.07) is 22.1. The zero-order chi connectivity index (χ0) is 24.6. The van der Waals surface area contributed by atoms with Crippen LogP contribution in [0.2, 0.25) is 0 Å². The number of pyridine rings is 1. The Morgan fingerprint density at radius 1 is 0.861 bits per heavy atom. The molecule has 0 saturated heterocycles. The third-order valence-electron chi connectivity index (χ3n) is 5.95. The number of nitrogens with zero attached hydrogens (tertiary/aromatic N) is 4. The highest BCUT2D eigenvalue weighted by atomic mass is 19.1. The van der Waals surface area contributed by atoms with E-state index in [2.05, 4.69) is 15.2 Å². The monoisotopic (exact) mass is 479 g/mol. The van der Waals surface area contributed by atoms with Gasteiger partial charge in [-0.25, -0.2) is 8.78 Å². The fraction of sp³-hybridized carbons (Fsp3) is 0.0357. The molecule has 0 amide bonds. The Morgan fingerprint density at radius 2 is 1.58 bits per heavy atom. The standard InChI is InChI=1S/C28H19F2N5O/c1-17-26(3-2-14-31-17)36-28-33-24-13-6-19(15-25(24)35(28)22-11-9-21(30)10-12-22)23-16-32-34-27(23)18-4-7-20(29)8-5-18/h2-16H,1H3,(H,32,34). The summed E-state index contributed by atoms with van der Waals surface area (Å²) < 4.78 is 35.2. The largest absolute Gasteiger partial charge is 0.423 e. The summed E-state index contributed by atoms with van der Waals surface area (Å²) in [6.07, 6.45) is 3.43. The highest BCUT2D eigenvalue weighted by Gasteiger charge is 2.18. The minimum atomic E-state index is -0.336. The van der Waals surface area contributed by atoms with Crippen molar-refractivity contribution in [2.45, 2.75) is 6.92 Å². The van der Waals surface area contributed by atoms with Crippen molar-refractivity contribution in [2.75, 3.05) is 0 Å². The van der Waals surface area contributed by atoms with Crippen molar-refractivity contribution in [1.82, 2.24) is 24.7 Å². The number of benzene rings is 3. The second-order valence-corrected chi connectivity index (χ2v) is 8.26. The van der Waals surface area contributed by atoms with Gasteiger partial charge in [0.15, 0.2) is 5.75 Å². The summed E-state index contributed by atoms with van der Waals surface area (Å²) in [5, 5.41) is 7.24. The van der Waals surface area contributed by atoms with Crippen molar-refractivity contribution in [3.63, 3.8) is 0 Å². The van der Waals surface area contributed by atoms with Crippen LogP contribution in [0.1, 0.15) is 5.69 Å². The Labute approximate surface area is 204 Å². The molecule has 36 heavy (non-hydrogen) atoms. The van der Waals surface area contributed by atoms with Crippen LogP contribution in [0.25, 0.3) is 39.1 Å². The van der Waals surface area contributed by atoms with E-state index in [1.165, 1.54) is 24.3 Å². The Kier molecular flexibility index (Phi) is 5.26. The number of ether oxygens (including phenoxy) is 1. The Bertz CT molecular complexity index is 1690. The van der Waals surface area contributed by atoms with Gasteiger partial charge in [-0.15, -0.1) is 0 Å². The van der Waals surface area contributed by atoms with Crippen molar-refractivity contribution in [3.8, 4) is 39.8 Å². The summed E-state index contributed by atoms with van der Waals surface area (Å²) in [6.45, 7) is 1.86. The lowest BCUT2D eigenvalue weighted by Gasteiger charge is -2.11. The van der Waals surface area contributed by atoms with Crippen molar-refractivity contribution in [1.29, 1.82) is 0 Å². The number of rotatable bonds is 5. The van der Waals surface area contributed by atoms with E-state index in [-0.39, 0.29) is 11.6 Å². The molecule has 0 atom stereocenters. The summed E-state index contributed by atoms with van der Waals surface area (Å²) >= 11 is 0.